The van der Waals surface area contributed by atoms with E-state index in [0.29, 0.717) is 6.04 Å². The predicted octanol–water partition coefficient (Wildman–Crippen LogP) is 1.94. The monoisotopic (exact) mass is 257 g/mol. The number of nitrogens with zero attached hydrogens (tertiary/aromatic N) is 4. The normalized spacial score (nSPS) is 20.0. The highest BCUT2D eigenvalue weighted by molar-refractivity contribution is 5.25. The zero-order chi connectivity index (χ0) is 13.2. The highest BCUT2D eigenvalue weighted by atomic mass is 15.3. The van der Waals surface area contributed by atoms with E-state index in [1.807, 2.05) is 23.9 Å². The van der Waals surface area contributed by atoms with Gasteiger partial charge in [0.1, 0.15) is 12.2 Å². The van der Waals surface area contributed by atoms with Gasteiger partial charge in [0.15, 0.2) is 0 Å². The molecule has 5 nitrogen and oxygen atoms in total. The summed E-state index contributed by atoms with van der Waals surface area (Å²) in [5.41, 5.74) is 2.57. The number of pyridine rings is 1. The summed E-state index contributed by atoms with van der Waals surface area (Å²) in [5, 5.41) is 11.7. The molecule has 1 N–H and O–H groups in total. The van der Waals surface area contributed by atoms with Gasteiger partial charge in [-0.25, -0.2) is 0 Å². The van der Waals surface area contributed by atoms with Crippen LogP contribution in [0, 0.1) is 0 Å². The Bertz CT molecular complexity index is 562. The van der Waals surface area contributed by atoms with Crippen LogP contribution in [0.3, 0.4) is 0 Å². The van der Waals surface area contributed by atoms with E-state index in [1.54, 1.807) is 6.33 Å². The molecule has 0 radical (unpaired) electrons. The fourth-order valence-corrected chi connectivity index (χ4v) is 2.83. The molecule has 5 heteroatoms. The molecule has 2 heterocycles. The molecule has 2 aromatic heterocycles. The van der Waals surface area contributed by atoms with E-state index in [-0.39, 0.29) is 6.04 Å². The van der Waals surface area contributed by atoms with Crippen LogP contribution in [-0.4, -0.2) is 19.7 Å². The highest BCUT2D eigenvalue weighted by Gasteiger charge is 2.24. The zero-order valence-corrected chi connectivity index (χ0v) is 11.4. The Labute approximate surface area is 113 Å². The van der Waals surface area contributed by atoms with Gasteiger partial charge in [0.25, 0.3) is 0 Å². The number of aryl methyl sites for hydroxylation is 2. The van der Waals surface area contributed by atoms with Crippen molar-refractivity contribution in [3.8, 4) is 0 Å². The van der Waals surface area contributed by atoms with Crippen LogP contribution in [-0.2, 0) is 13.5 Å². The summed E-state index contributed by atoms with van der Waals surface area (Å²) in [6.45, 7) is 2.13. The fraction of sp³-hybridized carbons (Fsp3) is 0.500. The van der Waals surface area contributed by atoms with E-state index in [0.717, 1.165) is 18.7 Å². The van der Waals surface area contributed by atoms with Crippen LogP contribution in [0.15, 0.2) is 24.7 Å². The van der Waals surface area contributed by atoms with Gasteiger partial charge in [0, 0.05) is 13.2 Å². The molecule has 3 rings (SSSR count). The molecule has 0 saturated carbocycles. The van der Waals surface area contributed by atoms with Crippen LogP contribution in [0.5, 0.6) is 0 Å². The molecule has 1 aliphatic rings. The standard InChI is InChI=1S/C14H19N5/c1-10(14-18-16-9-19(14)2)17-12-7-3-5-11-6-4-8-15-13(11)12/h4,6,8-10,12,17H,3,5,7H2,1-2H3. The van der Waals surface area contributed by atoms with Crippen LogP contribution in [0.4, 0.5) is 0 Å². The lowest BCUT2D eigenvalue weighted by Gasteiger charge is -2.27. The van der Waals surface area contributed by atoms with Gasteiger partial charge in [0.2, 0.25) is 0 Å². The van der Waals surface area contributed by atoms with E-state index in [4.69, 9.17) is 0 Å². The summed E-state index contributed by atoms with van der Waals surface area (Å²) in [6, 6.07) is 4.69. The molecular formula is C14H19N5. The summed E-state index contributed by atoms with van der Waals surface area (Å²) >= 11 is 0. The molecular weight excluding hydrogens is 238 g/mol. The number of hydrogen-bond acceptors (Lipinski definition) is 4. The number of fused-ring (bicyclic) bond motifs is 1. The maximum atomic E-state index is 4.55. The maximum Gasteiger partial charge on any atom is 0.149 e. The van der Waals surface area contributed by atoms with Crippen LogP contribution >= 0.6 is 0 Å². The first kappa shape index (κ1) is 12.3. The third kappa shape index (κ3) is 2.38. The highest BCUT2D eigenvalue weighted by Crippen LogP contribution is 2.29. The zero-order valence-electron chi connectivity index (χ0n) is 11.4. The summed E-state index contributed by atoms with van der Waals surface area (Å²) in [6.07, 6.45) is 7.10. The van der Waals surface area contributed by atoms with E-state index in [1.165, 1.54) is 17.7 Å². The lowest BCUT2D eigenvalue weighted by molar-refractivity contribution is 0.392. The summed E-state index contributed by atoms with van der Waals surface area (Å²) in [7, 11) is 1.97. The van der Waals surface area contributed by atoms with Gasteiger partial charge in [-0.3, -0.25) is 10.3 Å². The maximum absolute atomic E-state index is 4.55. The Kier molecular flexibility index (Phi) is 3.29. The van der Waals surface area contributed by atoms with Crippen molar-refractivity contribution in [1.29, 1.82) is 0 Å². The molecule has 0 saturated heterocycles. The average molecular weight is 257 g/mol. The smallest absolute Gasteiger partial charge is 0.149 e. The molecule has 0 aliphatic heterocycles. The quantitative estimate of drug-likeness (QED) is 0.913. The average Bonchev–Trinajstić information content (AvgIpc) is 2.85. The Balaban J connectivity index is 1.80. The van der Waals surface area contributed by atoms with Crippen molar-refractivity contribution in [1.82, 2.24) is 25.1 Å². The first-order valence-electron chi connectivity index (χ1n) is 6.79. The molecule has 2 atom stereocenters. The third-order valence-electron chi connectivity index (χ3n) is 3.78. The molecule has 100 valence electrons. The second-order valence-corrected chi connectivity index (χ2v) is 5.18. The third-order valence-corrected chi connectivity index (χ3v) is 3.78. The molecule has 0 bridgehead atoms. The Hall–Kier alpha value is -1.75. The Morgan fingerprint density at radius 1 is 1.47 bits per heavy atom. The van der Waals surface area contributed by atoms with E-state index >= 15 is 0 Å². The topological polar surface area (TPSA) is 55.6 Å². The van der Waals surface area contributed by atoms with Gasteiger partial charge in [-0.15, -0.1) is 10.2 Å². The van der Waals surface area contributed by atoms with Crippen LogP contribution in [0.2, 0.25) is 0 Å². The molecule has 2 unspecified atom stereocenters. The van der Waals surface area contributed by atoms with Crippen LogP contribution < -0.4 is 5.32 Å². The van der Waals surface area contributed by atoms with Crippen molar-refractivity contribution in [3.05, 3.63) is 41.7 Å². The molecule has 0 spiro atoms. The van der Waals surface area contributed by atoms with E-state index in [2.05, 4.69) is 33.5 Å². The number of rotatable bonds is 3. The minimum Gasteiger partial charge on any atom is -0.319 e. The SMILES string of the molecule is CC(NC1CCCc2cccnc21)c1nncn1C. The van der Waals surface area contributed by atoms with Gasteiger partial charge in [-0.05, 0) is 37.8 Å². The Morgan fingerprint density at radius 2 is 2.37 bits per heavy atom. The van der Waals surface area contributed by atoms with E-state index in [9.17, 15) is 0 Å². The second-order valence-electron chi connectivity index (χ2n) is 5.18. The molecule has 0 amide bonds. The molecule has 0 fully saturated rings. The van der Waals surface area contributed by atoms with Crippen LogP contribution in [0.25, 0.3) is 0 Å². The van der Waals surface area contributed by atoms with Crippen molar-refractivity contribution < 1.29 is 0 Å². The molecule has 1 aliphatic carbocycles. The van der Waals surface area contributed by atoms with Crippen molar-refractivity contribution in [2.24, 2.45) is 7.05 Å². The van der Waals surface area contributed by atoms with Gasteiger partial charge < -0.3 is 4.57 Å². The van der Waals surface area contributed by atoms with E-state index < -0.39 is 0 Å². The Morgan fingerprint density at radius 3 is 3.16 bits per heavy atom. The van der Waals surface area contributed by atoms with Crippen molar-refractivity contribution in [3.63, 3.8) is 0 Å². The summed E-state index contributed by atoms with van der Waals surface area (Å²) in [5.74, 6) is 0.961. The molecule has 19 heavy (non-hydrogen) atoms. The van der Waals surface area contributed by atoms with Crippen molar-refractivity contribution in [2.45, 2.75) is 38.3 Å². The largest absolute Gasteiger partial charge is 0.319 e. The molecule has 2 aromatic rings. The van der Waals surface area contributed by atoms with Crippen LogP contribution in [0.1, 0.15) is 48.9 Å². The lowest BCUT2D eigenvalue weighted by atomic mass is 9.91. The number of nitrogens with one attached hydrogen (secondary N) is 1. The van der Waals surface area contributed by atoms with Gasteiger partial charge in [0.05, 0.1) is 17.8 Å². The van der Waals surface area contributed by atoms with Gasteiger partial charge in [-0.2, -0.15) is 0 Å². The lowest BCUT2D eigenvalue weighted by Crippen LogP contribution is -2.30. The van der Waals surface area contributed by atoms with Gasteiger partial charge in [-0.1, -0.05) is 6.07 Å². The number of hydrogen-bond donors (Lipinski definition) is 1. The number of aromatic nitrogens is 4. The fourth-order valence-electron chi connectivity index (χ4n) is 2.83. The van der Waals surface area contributed by atoms with Gasteiger partial charge >= 0.3 is 0 Å². The van der Waals surface area contributed by atoms with Crippen molar-refractivity contribution in [2.75, 3.05) is 0 Å². The minimum absolute atomic E-state index is 0.172. The second kappa shape index (κ2) is 5.09. The predicted molar refractivity (Wildman–Crippen MR) is 72.5 cm³/mol. The first-order valence-corrected chi connectivity index (χ1v) is 6.79. The summed E-state index contributed by atoms with van der Waals surface area (Å²) in [4.78, 5) is 4.55. The van der Waals surface area contributed by atoms with Crippen molar-refractivity contribution >= 4 is 0 Å². The first-order chi connectivity index (χ1) is 9.25. The molecule has 0 aromatic carbocycles. The summed E-state index contributed by atoms with van der Waals surface area (Å²) < 4.78 is 1.96. The minimum atomic E-state index is 0.172.